The molecule has 1 amide bonds. The van der Waals surface area contributed by atoms with Crippen molar-refractivity contribution in [3.63, 3.8) is 0 Å². The molecule has 1 fully saturated rings. The van der Waals surface area contributed by atoms with E-state index < -0.39 is 0 Å². The molecule has 0 bridgehead atoms. The number of fused-ring (bicyclic) bond motifs is 1. The monoisotopic (exact) mass is 456 g/mol. The summed E-state index contributed by atoms with van der Waals surface area (Å²) in [7, 11) is 0. The summed E-state index contributed by atoms with van der Waals surface area (Å²) in [6.45, 7) is 8.85. The lowest BCUT2D eigenvalue weighted by molar-refractivity contribution is -0.113. The molecule has 0 spiro atoms. The fourth-order valence-corrected chi connectivity index (χ4v) is 5.31. The second kappa shape index (κ2) is 10.6. The minimum absolute atomic E-state index is 0.0789. The molecule has 2 heterocycles. The molecular formula is C24H32N4O3S. The van der Waals surface area contributed by atoms with Gasteiger partial charge in [-0.2, -0.15) is 4.98 Å². The van der Waals surface area contributed by atoms with Crippen LogP contribution in [0.15, 0.2) is 28.0 Å². The summed E-state index contributed by atoms with van der Waals surface area (Å²) in [4.78, 5) is 32.2. The van der Waals surface area contributed by atoms with Crippen LogP contribution in [0.5, 0.6) is 0 Å². The van der Waals surface area contributed by atoms with E-state index in [1.807, 2.05) is 30.5 Å². The minimum atomic E-state index is -0.198. The van der Waals surface area contributed by atoms with Gasteiger partial charge in [-0.3, -0.25) is 14.3 Å². The lowest BCUT2D eigenvalue weighted by Gasteiger charge is -2.28. The van der Waals surface area contributed by atoms with Gasteiger partial charge in [0.05, 0.1) is 19.0 Å². The van der Waals surface area contributed by atoms with Crippen LogP contribution in [0, 0.1) is 13.8 Å². The Morgan fingerprint density at radius 2 is 1.94 bits per heavy atom. The van der Waals surface area contributed by atoms with E-state index in [-0.39, 0.29) is 17.3 Å². The Hall–Kier alpha value is -2.16. The van der Waals surface area contributed by atoms with Gasteiger partial charge >= 0.3 is 5.69 Å². The second-order valence-corrected chi connectivity index (χ2v) is 9.56. The van der Waals surface area contributed by atoms with Crippen LogP contribution >= 0.6 is 11.8 Å². The molecule has 2 aliphatic rings. The number of nitrogens with one attached hydrogen (secondary N) is 1. The average molecular weight is 457 g/mol. The molecular weight excluding hydrogens is 424 g/mol. The maximum atomic E-state index is 12.9. The number of amides is 1. The molecule has 0 saturated carbocycles. The van der Waals surface area contributed by atoms with Crippen molar-refractivity contribution in [2.45, 2.75) is 51.1 Å². The number of ether oxygens (including phenoxy) is 1. The van der Waals surface area contributed by atoms with E-state index in [2.05, 4.69) is 21.3 Å². The summed E-state index contributed by atoms with van der Waals surface area (Å²) in [5, 5.41) is 3.71. The number of thioether (sulfide) groups is 1. The molecule has 1 N–H and O–H groups in total. The highest BCUT2D eigenvalue weighted by atomic mass is 32.2. The normalized spacial score (nSPS) is 16.6. The first-order valence-electron chi connectivity index (χ1n) is 11.4. The second-order valence-electron chi connectivity index (χ2n) is 8.59. The van der Waals surface area contributed by atoms with Gasteiger partial charge in [-0.15, -0.1) is 0 Å². The molecule has 8 heteroatoms. The number of nitrogens with zero attached hydrogens (tertiary/aromatic N) is 3. The predicted octanol–water partition coefficient (Wildman–Crippen LogP) is 2.80. The van der Waals surface area contributed by atoms with Gasteiger partial charge < -0.3 is 10.1 Å². The Labute approximate surface area is 193 Å². The molecule has 1 saturated heterocycles. The number of hydrogen-bond donors (Lipinski definition) is 1. The first kappa shape index (κ1) is 23.0. The zero-order chi connectivity index (χ0) is 22.5. The Morgan fingerprint density at radius 1 is 1.16 bits per heavy atom. The lowest BCUT2D eigenvalue weighted by atomic mass is 9.97. The summed E-state index contributed by atoms with van der Waals surface area (Å²) < 4.78 is 7.28. The third-order valence-electron chi connectivity index (χ3n) is 6.19. The highest BCUT2D eigenvalue weighted by molar-refractivity contribution is 8.00. The molecule has 172 valence electrons. The topological polar surface area (TPSA) is 76.5 Å². The number of carbonyl (C=O) groups excluding carboxylic acids is 1. The quantitative estimate of drug-likeness (QED) is 0.510. The fraction of sp³-hybridized carbons (Fsp3) is 0.542. The molecule has 0 unspecified atom stereocenters. The van der Waals surface area contributed by atoms with Crippen molar-refractivity contribution in [1.82, 2.24) is 14.5 Å². The Kier molecular flexibility index (Phi) is 7.65. The third-order valence-corrected chi connectivity index (χ3v) is 7.21. The smallest absolute Gasteiger partial charge is 0.348 e. The van der Waals surface area contributed by atoms with E-state index in [0.29, 0.717) is 6.54 Å². The zero-order valence-corrected chi connectivity index (χ0v) is 19.8. The van der Waals surface area contributed by atoms with Crippen LogP contribution in [0.3, 0.4) is 0 Å². The van der Waals surface area contributed by atoms with Crippen molar-refractivity contribution in [2.75, 3.05) is 43.9 Å². The molecule has 2 aromatic rings. The van der Waals surface area contributed by atoms with Crippen LogP contribution in [-0.4, -0.2) is 59.0 Å². The first-order chi connectivity index (χ1) is 15.5. The predicted molar refractivity (Wildman–Crippen MR) is 128 cm³/mol. The maximum Gasteiger partial charge on any atom is 0.348 e. The minimum Gasteiger partial charge on any atom is -0.379 e. The van der Waals surface area contributed by atoms with E-state index in [1.165, 1.54) is 17.3 Å². The van der Waals surface area contributed by atoms with Gasteiger partial charge in [-0.05, 0) is 51.2 Å². The van der Waals surface area contributed by atoms with Crippen molar-refractivity contribution < 1.29 is 9.53 Å². The van der Waals surface area contributed by atoms with Crippen molar-refractivity contribution in [1.29, 1.82) is 0 Å². The van der Waals surface area contributed by atoms with E-state index in [4.69, 9.17) is 4.74 Å². The van der Waals surface area contributed by atoms with Crippen LogP contribution in [0.2, 0.25) is 0 Å². The maximum absolute atomic E-state index is 12.9. The Balaban J connectivity index is 1.45. The number of aryl methyl sites for hydroxylation is 2. The molecule has 7 nitrogen and oxygen atoms in total. The van der Waals surface area contributed by atoms with E-state index in [9.17, 15) is 9.59 Å². The first-order valence-corrected chi connectivity index (χ1v) is 12.4. The number of benzene rings is 1. The molecule has 32 heavy (non-hydrogen) atoms. The van der Waals surface area contributed by atoms with Crippen molar-refractivity contribution in [3.8, 4) is 0 Å². The number of carbonyl (C=O) groups is 1. The highest BCUT2D eigenvalue weighted by Gasteiger charge is 2.22. The van der Waals surface area contributed by atoms with E-state index >= 15 is 0 Å². The van der Waals surface area contributed by atoms with Crippen LogP contribution < -0.4 is 11.0 Å². The average Bonchev–Trinajstić information content (AvgIpc) is 2.79. The number of rotatable bonds is 7. The molecule has 1 aliphatic heterocycles. The van der Waals surface area contributed by atoms with Crippen LogP contribution in [0.25, 0.3) is 0 Å². The van der Waals surface area contributed by atoms with Crippen molar-refractivity contribution in [2.24, 2.45) is 0 Å². The van der Waals surface area contributed by atoms with Gasteiger partial charge in [-0.25, -0.2) is 4.79 Å². The Morgan fingerprint density at radius 3 is 2.72 bits per heavy atom. The van der Waals surface area contributed by atoms with E-state index in [0.717, 1.165) is 86.1 Å². The van der Waals surface area contributed by atoms with Crippen LogP contribution in [0.1, 0.15) is 35.2 Å². The van der Waals surface area contributed by atoms with Gasteiger partial charge in [0.15, 0.2) is 0 Å². The SMILES string of the molecule is Cc1ccc(NC(=O)CSc2nc(=O)n(CCN3CCOCC3)c3c2CCCC3)c(C)c1. The Bertz CT molecular complexity index is 1030. The van der Waals surface area contributed by atoms with Crippen molar-refractivity contribution in [3.05, 3.63) is 51.1 Å². The summed E-state index contributed by atoms with van der Waals surface area (Å²) in [6.07, 6.45) is 4.00. The third kappa shape index (κ3) is 5.60. The summed E-state index contributed by atoms with van der Waals surface area (Å²) in [6, 6.07) is 5.98. The summed E-state index contributed by atoms with van der Waals surface area (Å²) in [5.41, 5.74) is 5.11. The number of hydrogen-bond acceptors (Lipinski definition) is 6. The highest BCUT2D eigenvalue weighted by Crippen LogP contribution is 2.28. The summed E-state index contributed by atoms with van der Waals surface area (Å²) >= 11 is 1.38. The molecule has 1 aromatic heterocycles. The van der Waals surface area contributed by atoms with E-state index in [1.54, 1.807) is 0 Å². The van der Waals surface area contributed by atoms with Crippen molar-refractivity contribution >= 4 is 23.4 Å². The number of anilines is 1. The van der Waals surface area contributed by atoms with Crippen LogP contribution in [0.4, 0.5) is 5.69 Å². The molecule has 1 aromatic carbocycles. The molecule has 0 radical (unpaired) electrons. The standard InChI is InChI=1S/C24H32N4O3S/c1-17-7-8-20(18(2)15-17)25-22(29)16-32-23-19-5-3-4-6-21(19)28(24(30)26-23)10-9-27-11-13-31-14-12-27/h7-8,15H,3-6,9-14,16H2,1-2H3,(H,25,29). The molecule has 0 atom stereocenters. The number of aromatic nitrogens is 2. The molecule has 4 rings (SSSR count). The van der Waals surface area contributed by atoms with Gasteiger partial charge in [0.25, 0.3) is 0 Å². The molecule has 1 aliphatic carbocycles. The van der Waals surface area contributed by atoms with Crippen LogP contribution in [-0.2, 0) is 28.9 Å². The van der Waals surface area contributed by atoms with Gasteiger partial charge in [0.1, 0.15) is 5.03 Å². The largest absolute Gasteiger partial charge is 0.379 e. The fourth-order valence-electron chi connectivity index (χ4n) is 4.44. The lowest BCUT2D eigenvalue weighted by Crippen LogP contribution is -2.40. The number of morpholine rings is 1. The van der Waals surface area contributed by atoms with Gasteiger partial charge in [-0.1, -0.05) is 29.5 Å². The van der Waals surface area contributed by atoms with Gasteiger partial charge in [0.2, 0.25) is 5.91 Å². The summed E-state index contributed by atoms with van der Waals surface area (Å²) in [5.74, 6) is 0.161. The zero-order valence-electron chi connectivity index (χ0n) is 19.0. The van der Waals surface area contributed by atoms with Gasteiger partial charge in [0, 0.05) is 43.1 Å².